The van der Waals surface area contributed by atoms with Crippen molar-refractivity contribution in [3.8, 4) is 11.5 Å². The lowest BCUT2D eigenvalue weighted by Gasteiger charge is -2.18. The summed E-state index contributed by atoms with van der Waals surface area (Å²) >= 11 is 0. The van der Waals surface area contributed by atoms with Gasteiger partial charge in [0.2, 0.25) is 0 Å². The quantitative estimate of drug-likeness (QED) is 0.816. The SMILES string of the molecule is COc1ccc([C@@H](CC(=O)O)NC(=O)c2ccccc2OC)cc1. The maximum atomic E-state index is 12.5. The van der Waals surface area contributed by atoms with Crippen LogP contribution in [0.25, 0.3) is 0 Å². The molecule has 0 bridgehead atoms. The van der Waals surface area contributed by atoms with E-state index in [-0.39, 0.29) is 6.42 Å². The number of rotatable bonds is 7. The van der Waals surface area contributed by atoms with E-state index in [4.69, 9.17) is 14.6 Å². The standard InChI is InChI=1S/C18H19NO5/c1-23-13-9-7-12(8-10-13)15(11-17(20)21)19-18(22)14-5-3-4-6-16(14)24-2/h3-10,15H,11H2,1-2H3,(H,19,22)(H,20,21)/t15-/m1/s1. The monoisotopic (exact) mass is 329 g/mol. The van der Waals surface area contributed by atoms with E-state index in [1.165, 1.54) is 7.11 Å². The van der Waals surface area contributed by atoms with Gasteiger partial charge in [0.15, 0.2) is 0 Å². The summed E-state index contributed by atoms with van der Waals surface area (Å²) in [6.07, 6.45) is -0.229. The number of amides is 1. The van der Waals surface area contributed by atoms with E-state index in [2.05, 4.69) is 5.32 Å². The van der Waals surface area contributed by atoms with Gasteiger partial charge in [-0.25, -0.2) is 0 Å². The Labute approximate surface area is 140 Å². The van der Waals surface area contributed by atoms with Crippen LogP contribution in [0, 0.1) is 0 Å². The maximum absolute atomic E-state index is 12.5. The normalized spacial score (nSPS) is 11.4. The fraction of sp³-hybridized carbons (Fsp3) is 0.222. The number of aliphatic carboxylic acids is 1. The van der Waals surface area contributed by atoms with E-state index in [0.717, 1.165) is 0 Å². The van der Waals surface area contributed by atoms with E-state index in [0.29, 0.717) is 22.6 Å². The largest absolute Gasteiger partial charge is 0.497 e. The Morgan fingerprint density at radius 2 is 1.71 bits per heavy atom. The van der Waals surface area contributed by atoms with Crippen LogP contribution in [-0.4, -0.2) is 31.2 Å². The molecule has 0 fully saturated rings. The molecule has 0 aliphatic heterocycles. The Morgan fingerprint density at radius 3 is 2.29 bits per heavy atom. The van der Waals surface area contributed by atoms with Crippen LogP contribution in [0.3, 0.4) is 0 Å². The highest BCUT2D eigenvalue weighted by atomic mass is 16.5. The van der Waals surface area contributed by atoms with E-state index < -0.39 is 17.9 Å². The average Bonchev–Trinajstić information content (AvgIpc) is 2.60. The smallest absolute Gasteiger partial charge is 0.305 e. The molecule has 6 heteroatoms. The van der Waals surface area contributed by atoms with Crippen LogP contribution in [0.4, 0.5) is 0 Å². The van der Waals surface area contributed by atoms with Crippen molar-refractivity contribution in [3.05, 3.63) is 59.7 Å². The Kier molecular flexibility index (Phi) is 5.78. The van der Waals surface area contributed by atoms with E-state index in [1.54, 1.807) is 55.6 Å². The van der Waals surface area contributed by atoms with Gasteiger partial charge in [0.05, 0.1) is 32.2 Å². The summed E-state index contributed by atoms with van der Waals surface area (Å²) in [6, 6.07) is 13.0. The van der Waals surface area contributed by atoms with Crippen LogP contribution in [0.2, 0.25) is 0 Å². The second kappa shape index (κ2) is 8.01. The molecule has 2 aromatic rings. The molecule has 2 N–H and O–H groups in total. The lowest BCUT2D eigenvalue weighted by Crippen LogP contribution is -2.30. The summed E-state index contributed by atoms with van der Waals surface area (Å²) in [5.41, 5.74) is 1.03. The maximum Gasteiger partial charge on any atom is 0.305 e. The first-order valence-corrected chi connectivity index (χ1v) is 7.34. The zero-order chi connectivity index (χ0) is 17.5. The number of para-hydroxylation sites is 1. The lowest BCUT2D eigenvalue weighted by atomic mass is 10.0. The van der Waals surface area contributed by atoms with Gasteiger partial charge in [0, 0.05) is 0 Å². The second-order valence-corrected chi connectivity index (χ2v) is 5.10. The fourth-order valence-electron chi connectivity index (χ4n) is 2.33. The number of hydrogen-bond acceptors (Lipinski definition) is 4. The number of carbonyl (C=O) groups excluding carboxylic acids is 1. The highest BCUT2D eigenvalue weighted by Crippen LogP contribution is 2.23. The van der Waals surface area contributed by atoms with Crippen LogP contribution >= 0.6 is 0 Å². The molecule has 1 amide bonds. The number of benzene rings is 2. The number of carboxylic acid groups (broad SMARTS) is 1. The van der Waals surface area contributed by atoms with Crippen LogP contribution in [0.15, 0.2) is 48.5 Å². The number of methoxy groups -OCH3 is 2. The van der Waals surface area contributed by atoms with Crippen molar-refractivity contribution < 1.29 is 24.2 Å². The van der Waals surface area contributed by atoms with Crippen molar-refractivity contribution in [2.45, 2.75) is 12.5 Å². The molecule has 0 spiro atoms. The van der Waals surface area contributed by atoms with Crippen molar-refractivity contribution in [3.63, 3.8) is 0 Å². The Morgan fingerprint density at radius 1 is 1.04 bits per heavy atom. The molecule has 0 aliphatic rings. The fourth-order valence-corrected chi connectivity index (χ4v) is 2.33. The molecule has 0 aliphatic carbocycles. The van der Waals surface area contributed by atoms with Crippen molar-refractivity contribution in [1.29, 1.82) is 0 Å². The molecule has 24 heavy (non-hydrogen) atoms. The third kappa shape index (κ3) is 4.25. The Hall–Kier alpha value is -3.02. The summed E-state index contributed by atoms with van der Waals surface area (Å²) < 4.78 is 10.3. The molecule has 0 unspecified atom stereocenters. The number of nitrogens with one attached hydrogen (secondary N) is 1. The molecular weight excluding hydrogens is 310 g/mol. The van der Waals surface area contributed by atoms with Gasteiger partial charge in [-0.15, -0.1) is 0 Å². The second-order valence-electron chi connectivity index (χ2n) is 5.10. The zero-order valence-electron chi connectivity index (χ0n) is 13.5. The van der Waals surface area contributed by atoms with Gasteiger partial charge in [-0.05, 0) is 29.8 Å². The molecule has 0 heterocycles. The summed E-state index contributed by atoms with van der Waals surface area (Å²) in [5, 5.41) is 11.9. The molecule has 6 nitrogen and oxygen atoms in total. The Bertz CT molecular complexity index is 712. The highest BCUT2D eigenvalue weighted by Gasteiger charge is 2.20. The van der Waals surface area contributed by atoms with Crippen molar-refractivity contribution in [1.82, 2.24) is 5.32 Å². The molecule has 1 atom stereocenters. The topological polar surface area (TPSA) is 84.9 Å². The predicted octanol–water partition coefficient (Wildman–Crippen LogP) is 2.65. The third-order valence-electron chi connectivity index (χ3n) is 3.55. The van der Waals surface area contributed by atoms with E-state index in [9.17, 15) is 9.59 Å². The number of carboxylic acids is 1. The van der Waals surface area contributed by atoms with Gasteiger partial charge in [0.25, 0.3) is 5.91 Å². The molecule has 0 saturated heterocycles. The zero-order valence-corrected chi connectivity index (χ0v) is 13.5. The molecule has 0 aromatic heterocycles. The Balaban J connectivity index is 2.24. The summed E-state index contributed by atoms with van der Waals surface area (Å²) in [5.74, 6) is -0.312. The van der Waals surface area contributed by atoms with Crippen LogP contribution in [0.1, 0.15) is 28.4 Å². The first kappa shape index (κ1) is 17.3. The number of hydrogen-bond donors (Lipinski definition) is 2. The van der Waals surface area contributed by atoms with Gasteiger partial charge >= 0.3 is 5.97 Å². The van der Waals surface area contributed by atoms with E-state index in [1.807, 2.05) is 0 Å². The van der Waals surface area contributed by atoms with Crippen LogP contribution in [-0.2, 0) is 4.79 Å². The predicted molar refractivity (Wildman–Crippen MR) is 88.4 cm³/mol. The third-order valence-corrected chi connectivity index (χ3v) is 3.55. The lowest BCUT2D eigenvalue weighted by molar-refractivity contribution is -0.137. The minimum absolute atomic E-state index is 0.229. The highest BCUT2D eigenvalue weighted by molar-refractivity contribution is 5.97. The van der Waals surface area contributed by atoms with Crippen molar-refractivity contribution in [2.24, 2.45) is 0 Å². The van der Waals surface area contributed by atoms with Crippen molar-refractivity contribution in [2.75, 3.05) is 14.2 Å². The molecular formula is C18H19NO5. The molecule has 2 aromatic carbocycles. The summed E-state index contributed by atoms with van der Waals surface area (Å²) in [7, 11) is 3.03. The molecule has 0 saturated carbocycles. The van der Waals surface area contributed by atoms with Gasteiger partial charge in [-0.2, -0.15) is 0 Å². The van der Waals surface area contributed by atoms with E-state index >= 15 is 0 Å². The van der Waals surface area contributed by atoms with Gasteiger partial charge in [0.1, 0.15) is 11.5 Å². The van der Waals surface area contributed by atoms with Gasteiger partial charge < -0.3 is 19.9 Å². The summed E-state index contributed by atoms with van der Waals surface area (Å²) in [6.45, 7) is 0. The van der Waals surface area contributed by atoms with Crippen LogP contribution in [0.5, 0.6) is 11.5 Å². The minimum atomic E-state index is -1.00. The average molecular weight is 329 g/mol. The number of carbonyl (C=O) groups is 2. The van der Waals surface area contributed by atoms with Gasteiger partial charge in [-0.3, -0.25) is 9.59 Å². The van der Waals surface area contributed by atoms with Gasteiger partial charge in [-0.1, -0.05) is 24.3 Å². The minimum Gasteiger partial charge on any atom is -0.497 e. The van der Waals surface area contributed by atoms with Crippen LogP contribution < -0.4 is 14.8 Å². The summed E-state index contributed by atoms with van der Waals surface area (Å²) in [4.78, 5) is 23.7. The number of ether oxygens (including phenoxy) is 2. The molecule has 2 rings (SSSR count). The molecule has 126 valence electrons. The first-order valence-electron chi connectivity index (χ1n) is 7.34. The first-order chi connectivity index (χ1) is 11.5. The van der Waals surface area contributed by atoms with Crippen molar-refractivity contribution >= 4 is 11.9 Å². The molecule has 0 radical (unpaired) electrons.